The van der Waals surface area contributed by atoms with Crippen molar-refractivity contribution in [1.82, 2.24) is 0 Å². The molecule has 0 aromatic heterocycles. The summed E-state index contributed by atoms with van der Waals surface area (Å²) in [5.41, 5.74) is 2.95. The van der Waals surface area contributed by atoms with Crippen LogP contribution in [0.1, 0.15) is 55.2 Å². The average molecular weight is 280 g/mol. The van der Waals surface area contributed by atoms with Crippen LogP contribution in [0.5, 0.6) is 0 Å². The van der Waals surface area contributed by atoms with Gasteiger partial charge in [0.2, 0.25) is 0 Å². The second-order valence-electron chi connectivity index (χ2n) is 6.26. The standard InChI is InChI=1S/C20H24O/c1-2-20(21,15-16-9-4-3-5-10-16)19-14-7-6-13-18(19)17-11-8-12-17/h3-7,9-10,13-14,17,21H,2,8,11-12,15H2,1H3. The number of rotatable bonds is 5. The van der Waals surface area contributed by atoms with Gasteiger partial charge in [-0.3, -0.25) is 0 Å². The van der Waals surface area contributed by atoms with Crippen LogP contribution in [-0.2, 0) is 12.0 Å². The molecule has 1 fully saturated rings. The van der Waals surface area contributed by atoms with Gasteiger partial charge in [0, 0.05) is 6.42 Å². The van der Waals surface area contributed by atoms with Crippen LogP contribution in [0.3, 0.4) is 0 Å². The third-order valence-electron chi connectivity index (χ3n) is 4.93. The Labute approximate surface area is 127 Å². The van der Waals surface area contributed by atoms with Crippen molar-refractivity contribution in [2.45, 2.75) is 50.5 Å². The number of aliphatic hydroxyl groups is 1. The molecular weight excluding hydrogens is 256 g/mol. The molecule has 1 atom stereocenters. The maximum absolute atomic E-state index is 11.3. The van der Waals surface area contributed by atoms with E-state index in [0.29, 0.717) is 12.3 Å². The van der Waals surface area contributed by atoms with E-state index >= 15 is 0 Å². The maximum atomic E-state index is 11.3. The summed E-state index contributed by atoms with van der Waals surface area (Å²) in [5, 5.41) is 11.3. The molecule has 1 N–H and O–H groups in total. The van der Waals surface area contributed by atoms with E-state index in [2.05, 4.69) is 43.3 Å². The summed E-state index contributed by atoms with van der Waals surface area (Å²) in [5.74, 6) is 0.648. The van der Waals surface area contributed by atoms with Crippen LogP contribution in [0.15, 0.2) is 54.6 Å². The van der Waals surface area contributed by atoms with Crippen LogP contribution >= 0.6 is 0 Å². The van der Waals surface area contributed by atoms with Crippen molar-refractivity contribution in [2.75, 3.05) is 0 Å². The molecule has 110 valence electrons. The molecule has 3 rings (SSSR count). The van der Waals surface area contributed by atoms with Crippen LogP contribution in [0.25, 0.3) is 0 Å². The first-order chi connectivity index (χ1) is 10.2. The molecule has 1 aliphatic rings. The van der Waals surface area contributed by atoms with Crippen LogP contribution in [0.2, 0.25) is 0 Å². The zero-order valence-electron chi connectivity index (χ0n) is 12.8. The second kappa shape index (κ2) is 6.03. The highest BCUT2D eigenvalue weighted by Crippen LogP contribution is 2.42. The van der Waals surface area contributed by atoms with Crippen molar-refractivity contribution in [2.24, 2.45) is 0 Å². The molecule has 1 aliphatic carbocycles. The molecule has 2 aromatic carbocycles. The molecule has 0 amide bonds. The van der Waals surface area contributed by atoms with Gasteiger partial charge in [0.1, 0.15) is 0 Å². The predicted molar refractivity (Wildman–Crippen MR) is 87.4 cm³/mol. The zero-order chi connectivity index (χ0) is 14.7. The van der Waals surface area contributed by atoms with Gasteiger partial charge < -0.3 is 5.11 Å². The van der Waals surface area contributed by atoms with Crippen molar-refractivity contribution in [3.8, 4) is 0 Å². The molecule has 1 nitrogen and oxygen atoms in total. The lowest BCUT2D eigenvalue weighted by molar-refractivity contribution is 0.0310. The van der Waals surface area contributed by atoms with Crippen molar-refractivity contribution in [3.05, 3.63) is 71.3 Å². The van der Waals surface area contributed by atoms with E-state index in [1.807, 2.05) is 18.2 Å². The van der Waals surface area contributed by atoms with Gasteiger partial charge >= 0.3 is 0 Å². The van der Waals surface area contributed by atoms with Crippen molar-refractivity contribution in [3.63, 3.8) is 0 Å². The number of hydrogen-bond acceptors (Lipinski definition) is 1. The lowest BCUT2D eigenvalue weighted by atomic mass is 9.73. The van der Waals surface area contributed by atoms with Crippen LogP contribution in [0, 0.1) is 0 Å². The lowest BCUT2D eigenvalue weighted by Gasteiger charge is -2.35. The van der Waals surface area contributed by atoms with E-state index in [4.69, 9.17) is 0 Å². The number of hydrogen-bond donors (Lipinski definition) is 1. The Hall–Kier alpha value is -1.60. The normalized spacial score (nSPS) is 18.0. The Morgan fingerprint density at radius 1 is 1.00 bits per heavy atom. The topological polar surface area (TPSA) is 20.2 Å². The quantitative estimate of drug-likeness (QED) is 0.834. The Balaban J connectivity index is 1.95. The van der Waals surface area contributed by atoms with Gasteiger partial charge in [-0.25, -0.2) is 0 Å². The zero-order valence-corrected chi connectivity index (χ0v) is 12.8. The molecule has 0 saturated heterocycles. The van der Waals surface area contributed by atoms with Gasteiger partial charge in [0.25, 0.3) is 0 Å². The van der Waals surface area contributed by atoms with Gasteiger partial charge in [-0.05, 0) is 41.9 Å². The summed E-state index contributed by atoms with van der Waals surface area (Å²) in [4.78, 5) is 0. The monoisotopic (exact) mass is 280 g/mol. The predicted octanol–water partition coefficient (Wildman–Crippen LogP) is 4.79. The van der Waals surface area contributed by atoms with Crippen LogP contribution in [-0.4, -0.2) is 5.11 Å². The fourth-order valence-corrected chi connectivity index (χ4v) is 3.34. The largest absolute Gasteiger partial charge is 0.385 e. The SMILES string of the molecule is CCC(O)(Cc1ccccc1)c1ccccc1C1CCC1. The third-order valence-corrected chi connectivity index (χ3v) is 4.93. The lowest BCUT2D eigenvalue weighted by Crippen LogP contribution is -2.30. The highest BCUT2D eigenvalue weighted by molar-refractivity contribution is 5.37. The van der Waals surface area contributed by atoms with E-state index in [-0.39, 0.29) is 0 Å². The Bertz CT molecular complexity index is 586. The first-order valence-electron chi connectivity index (χ1n) is 8.08. The van der Waals surface area contributed by atoms with E-state index in [1.165, 1.54) is 30.4 Å². The molecule has 1 unspecified atom stereocenters. The summed E-state index contributed by atoms with van der Waals surface area (Å²) in [7, 11) is 0. The first-order valence-corrected chi connectivity index (χ1v) is 8.08. The fraction of sp³-hybridized carbons (Fsp3) is 0.400. The molecule has 1 heteroatoms. The highest BCUT2D eigenvalue weighted by Gasteiger charge is 2.33. The van der Waals surface area contributed by atoms with Gasteiger partial charge in [0.15, 0.2) is 0 Å². The van der Waals surface area contributed by atoms with Crippen molar-refractivity contribution in [1.29, 1.82) is 0 Å². The summed E-state index contributed by atoms with van der Waals surface area (Å²) >= 11 is 0. The molecule has 0 spiro atoms. The molecule has 21 heavy (non-hydrogen) atoms. The van der Waals surface area contributed by atoms with Crippen LogP contribution < -0.4 is 0 Å². The van der Waals surface area contributed by atoms with E-state index in [0.717, 1.165) is 12.0 Å². The minimum atomic E-state index is -0.756. The summed E-state index contributed by atoms with van der Waals surface area (Å²) in [6.45, 7) is 2.08. The maximum Gasteiger partial charge on any atom is 0.0936 e. The summed E-state index contributed by atoms with van der Waals surface area (Å²) in [6.07, 6.45) is 5.28. The van der Waals surface area contributed by atoms with Gasteiger partial charge in [-0.2, -0.15) is 0 Å². The fourth-order valence-electron chi connectivity index (χ4n) is 3.34. The summed E-state index contributed by atoms with van der Waals surface area (Å²) < 4.78 is 0. The van der Waals surface area contributed by atoms with Gasteiger partial charge in [-0.1, -0.05) is 67.9 Å². The molecule has 0 bridgehead atoms. The van der Waals surface area contributed by atoms with Crippen molar-refractivity contribution >= 4 is 0 Å². The Morgan fingerprint density at radius 3 is 2.29 bits per heavy atom. The smallest absolute Gasteiger partial charge is 0.0936 e. The van der Waals surface area contributed by atoms with E-state index < -0.39 is 5.60 Å². The van der Waals surface area contributed by atoms with Crippen molar-refractivity contribution < 1.29 is 5.11 Å². The van der Waals surface area contributed by atoms with Crippen LogP contribution in [0.4, 0.5) is 0 Å². The molecule has 0 aliphatic heterocycles. The third kappa shape index (κ3) is 2.89. The molecule has 0 heterocycles. The highest BCUT2D eigenvalue weighted by atomic mass is 16.3. The molecule has 0 radical (unpaired) electrons. The minimum Gasteiger partial charge on any atom is -0.385 e. The van der Waals surface area contributed by atoms with E-state index in [9.17, 15) is 5.11 Å². The average Bonchev–Trinajstić information content (AvgIpc) is 2.47. The molecule has 1 saturated carbocycles. The molecular formula is C20H24O. The van der Waals surface area contributed by atoms with Gasteiger partial charge in [0.05, 0.1) is 5.60 Å². The first kappa shape index (κ1) is 14.3. The number of benzene rings is 2. The minimum absolute atomic E-state index is 0.648. The Morgan fingerprint density at radius 2 is 1.67 bits per heavy atom. The van der Waals surface area contributed by atoms with Gasteiger partial charge in [-0.15, -0.1) is 0 Å². The van der Waals surface area contributed by atoms with E-state index in [1.54, 1.807) is 0 Å². The second-order valence-corrected chi connectivity index (χ2v) is 6.26. The molecule has 2 aromatic rings. The Kier molecular flexibility index (Phi) is 4.12. The summed E-state index contributed by atoms with van der Waals surface area (Å²) in [6, 6.07) is 18.8.